The number of fused-ring (bicyclic) bond motifs is 3. The van der Waals surface area contributed by atoms with E-state index >= 15 is 4.39 Å². The summed E-state index contributed by atoms with van der Waals surface area (Å²) >= 11 is 6.27. The predicted octanol–water partition coefficient (Wildman–Crippen LogP) is 4.72. The van der Waals surface area contributed by atoms with Crippen molar-refractivity contribution in [2.24, 2.45) is 5.92 Å². The maximum absolute atomic E-state index is 15.1. The number of hydrogen-bond donors (Lipinski definition) is 1. The predicted molar refractivity (Wildman–Crippen MR) is 136 cm³/mol. The fourth-order valence-corrected chi connectivity index (χ4v) is 5.33. The molecule has 1 aromatic carbocycles. The van der Waals surface area contributed by atoms with Crippen LogP contribution in [0, 0.1) is 11.7 Å². The van der Waals surface area contributed by atoms with Crippen LogP contribution < -0.4 is 15.0 Å². The third-order valence-electron chi connectivity index (χ3n) is 7.17. The van der Waals surface area contributed by atoms with Gasteiger partial charge in [0.25, 0.3) is 0 Å². The van der Waals surface area contributed by atoms with Gasteiger partial charge in [-0.05, 0) is 61.9 Å². The molecule has 186 valence electrons. The Labute approximate surface area is 213 Å². The standard InChI is InChI=1S/C26H26ClFN6O2/c1-2-22(35)33-11-16-5-6-17(12-33)34(16)21-10-8-19-25(32-21)26(30-14-29-19)31-18-7-9-20(23(27)24(18)28)36-13-15-3-4-15/h2,7-10,14-17H,1,3-6,11-13H2,(H,29,30,31). The average Bonchev–Trinajstić information content (AvgIpc) is 3.69. The third-order valence-corrected chi connectivity index (χ3v) is 7.52. The number of piperazine rings is 1. The molecule has 2 aliphatic heterocycles. The number of aromatic nitrogens is 3. The van der Waals surface area contributed by atoms with Crippen LogP contribution in [0.5, 0.6) is 5.75 Å². The van der Waals surface area contributed by atoms with Crippen molar-refractivity contribution in [3.63, 3.8) is 0 Å². The molecule has 2 atom stereocenters. The summed E-state index contributed by atoms with van der Waals surface area (Å²) in [6, 6.07) is 7.45. The van der Waals surface area contributed by atoms with Gasteiger partial charge >= 0.3 is 0 Å². The van der Waals surface area contributed by atoms with Gasteiger partial charge in [-0.25, -0.2) is 19.3 Å². The Morgan fingerprint density at radius 3 is 2.67 bits per heavy atom. The van der Waals surface area contributed by atoms with Crippen LogP contribution in [-0.2, 0) is 4.79 Å². The summed E-state index contributed by atoms with van der Waals surface area (Å²) in [5.74, 6) is 1.41. The summed E-state index contributed by atoms with van der Waals surface area (Å²) in [5.41, 5.74) is 1.35. The van der Waals surface area contributed by atoms with Gasteiger partial charge in [0.1, 0.15) is 28.4 Å². The second kappa shape index (κ2) is 9.20. The van der Waals surface area contributed by atoms with Crippen LogP contribution in [0.25, 0.3) is 11.0 Å². The van der Waals surface area contributed by atoms with Crippen LogP contribution in [-0.4, -0.2) is 57.5 Å². The van der Waals surface area contributed by atoms with E-state index in [0.29, 0.717) is 48.2 Å². The molecular weight excluding hydrogens is 483 g/mol. The van der Waals surface area contributed by atoms with Crippen molar-refractivity contribution < 1.29 is 13.9 Å². The van der Waals surface area contributed by atoms with Crippen LogP contribution >= 0.6 is 11.6 Å². The van der Waals surface area contributed by atoms with E-state index in [1.54, 1.807) is 12.1 Å². The minimum atomic E-state index is -0.603. The van der Waals surface area contributed by atoms with Crippen molar-refractivity contribution >= 4 is 45.9 Å². The Morgan fingerprint density at radius 2 is 1.94 bits per heavy atom. The van der Waals surface area contributed by atoms with Crippen LogP contribution in [0.4, 0.5) is 21.7 Å². The summed E-state index contributed by atoms with van der Waals surface area (Å²) in [6.07, 6.45) is 7.04. The molecule has 2 aromatic heterocycles. The number of ether oxygens (including phenoxy) is 1. The Balaban J connectivity index is 1.28. The van der Waals surface area contributed by atoms with Crippen LogP contribution in [0.15, 0.2) is 43.2 Å². The molecule has 6 rings (SSSR count). The summed E-state index contributed by atoms with van der Waals surface area (Å²) in [6.45, 7) is 5.44. The highest BCUT2D eigenvalue weighted by molar-refractivity contribution is 6.32. The van der Waals surface area contributed by atoms with E-state index in [1.807, 2.05) is 17.0 Å². The second-order valence-electron chi connectivity index (χ2n) is 9.62. The summed E-state index contributed by atoms with van der Waals surface area (Å²) in [5, 5.41) is 2.99. The molecule has 8 nitrogen and oxygen atoms in total. The van der Waals surface area contributed by atoms with Crippen molar-refractivity contribution in [1.29, 1.82) is 0 Å². The van der Waals surface area contributed by atoms with Crippen LogP contribution in [0.1, 0.15) is 25.7 Å². The Hall–Kier alpha value is -3.46. The molecule has 0 radical (unpaired) electrons. The van der Waals surface area contributed by atoms with Crippen molar-refractivity contribution in [2.45, 2.75) is 37.8 Å². The largest absolute Gasteiger partial charge is 0.492 e. The number of carbonyl (C=O) groups excluding carboxylic acids is 1. The summed E-state index contributed by atoms with van der Waals surface area (Å²) in [7, 11) is 0. The van der Waals surface area contributed by atoms with Gasteiger partial charge in [0.2, 0.25) is 5.91 Å². The van der Waals surface area contributed by atoms with Gasteiger partial charge < -0.3 is 19.9 Å². The molecule has 1 N–H and O–H groups in total. The zero-order valence-electron chi connectivity index (χ0n) is 19.7. The number of anilines is 3. The number of nitrogens with zero attached hydrogens (tertiary/aromatic N) is 5. The maximum atomic E-state index is 15.1. The number of amides is 1. The Bertz CT molecular complexity index is 1340. The van der Waals surface area contributed by atoms with Gasteiger partial charge in [-0.3, -0.25) is 4.79 Å². The molecule has 1 amide bonds. The molecule has 0 spiro atoms. The first-order valence-electron chi connectivity index (χ1n) is 12.2. The first-order valence-corrected chi connectivity index (χ1v) is 12.6. The first kappa shape index (κ1) is 23.0. The van der Waals surface area contributed by atoms with Crippen molar-refractivity contribution in [3.05, 3.63) is 54.1 Å². The van der Waals surface area contributed by atoms with E-state index < -0.39 is 5.82 Å². The molecule has 2 unspecified atom stereocenters. The molecule has 10 heteroatoms. The fraction of sp³-hybridized carbons (Fsp3) is 0.385. The van der Waals surface area contributed by atoms with E-state index in [1.165, 1.54) is 12.4 Å². The van der Waals surface area contributed by atoms with E-state index in [0.717, 1.165) is 31.5 Å². The lowest BCUT2D eigenvalue weighted by atomic mass is 10.1. The van der Waals surface area contributed by atoms with Gasteiger partial charge in [-0.1, -0.05) is 18.2 Å². The number of likely N-dealkylation sites (tertiary alicyclic amines) is 1. The van der Waals surface area contributed by atoms with E-state index in [-0.39, 0.29) is 28.7 Å². The number of benzene rings is 1. The topological polar surface area (TPSA) is 83.5 Å². The lowest BCUT2D eigenvalue weighted by Gasteiger charge is -2.41. The van der Waals surface area contributed by atoms with Crippen molar-refractivity contribution in [3.8, 4) is 5.75 Å². The highest BCUT2D eigenvalue weighted by Crippen LogP contribution is 2.38. The van der Waals surface area contributed by atoms with Crippen molar-refractivity contribution in [2.75, 3.05) is 29.9 Å². The van der Waals surface area contributed by atoms with E-state index in [4.69, 9.17) is 21.3 Å². The second-order valence-corrected chi connectivity index (χ2v) is 10.00. The lowest BCUT2D eigenvalue weighted by Crippen LogP contribution is -2.55. The number of pyridine rings is 1. The van der Waals surface area contributed by atoms with Crippen molar-refractivity contribution in [1.82, 2.24) is 19.9 Å². The number of rotatable bonds is 7. The highest BCUT2D eigenvalue weighted by atomic mass is 35.5. The quantitative estimate of drug-likeness (QED) is 0.462. The average molecular weight is 509 g/mol. The lowest BCUT2D eigenvalue weighted by molar-refractivity contribution is -0.126. The summed E-state index contributed by atoms with van der Waals surface area (Å²) in [4.78, 5) is 29.9. The third kappa shape index (κ3) is 4.21. The SMILES string of the molecule is C=CC(=O)N1CC2CCC(C1)N2c1ccc2ncnc(Nc3ccc(OCC4CC4)c(Cl)c3F)c2n1. The first-order chi connectivity index (χ1) is 17.5. The molecule has 36 heavy (non-hydrogen) atoms. The molecule has 1 aliphatic carbocycles. The normalized spacial score (nSPS) is 21.1. The molecular formula is C26H26ClFN6O2. The number of hydrogen-bond acceptors (Lipinski definition) is 7. The fourth-order valence-electron chi connectivity index (χ4n) is 5.11. The minimum absolute atomic E-state index is 0.0393. The van der Waals surface area contributed by atoms with E-state index in [2.05, 4.69) is 26.8 Å². The van der Waals surface area contributed by atoms with Crippen LogP contribution in [0.3, 0.4) is 0 Å². The monoisotopic (exact) mass is 508 g/mol. The minimum Gasteiger partial charge on any atom is -0.492 e. The molecule has 2 bridgehead atoms. The molecule has 3 fully saturated rings. The van der Waals surface area contributed by atoms with Gasteiger partial charge in [0, 0.05) is 25.2 Å². The molecule has 1 saturated carbocycles. The molecule has 4 heterocycles. The van der Waals surface area contributed by atoms with Gasteiger partial charge in [-0.15, -0.1) is 0 Å². The van der Waals surface area contributed by atoms with Gasteiger partial charge in [-0.2, -0.15) is 0 Å². The maximum Gasteiger partial charge on any atom is 0.246 e. The molecule has 3 aromatic rings. The highest BCUT2D eigenvalue weighted by Gasteiger charge is 2.41. The van der Waals surface area contributed by atoms with Crippen LogP contribution in [0.2, 0.25) is 5.02 Å². The smallest absolute Gasteiger partial charge is 0.246 e. The number of nitrogens with one attached hydrogen (secondary N) is 1. The summed E-state index contributed by atoms with van der Waals surface area (Å²) < 4.78 is 20.8. The van der Waals surface area contributed by atoms with Gasteiger partial charge in [0.15, 0.2) is 11.6 Å². The number of halogens is 2. The molecule has 2 saturated heterocycles. The number of carbonyl (C=O) groups is 1. The van der Waals surface area contributed by atoms with E-state index in [9.17, 15) is 4.79 Å². The zero-order valence-corrected chi connectivity index (χ0v) is 20.4. The Kier molecular flexibility index (Phi) is 5.87. The Morgan fingerprint density at radius 1 is 1.17 bits per heavy atom. The zero-order chi connectivity index (χ0) is 24.8. The van der Waals surface area contributed by atoms with Gasteiger partial charge in [0.05, 0.1) is 17.8 Å². The molecule has 3 aliphatic rings.